The average Bonchev–Trinajstić information content (AvgIpc) is 2.59. The summed E-state index contributed by atoms with van der Waals surface area (Å²) in [5.41, 5.74) is 3.92. The smallest absolute Gasteiger partial charge is 0.0641 e. The molecular formula is C14H27ClN4. The number of nitrogens with zero attached hydrogens (tertiary/aromatic N) is 3. The lowest BCUT2D eigenvalue weighted by atomic mass is 9.96. The third kappa shape index (κ3) is 3.94. The van der Waals surface area contributed by atoms with Crippen LogP contribution in [0.4, 0.5) is 0 Å². The Kier molecular flexibility index (Phi) is 6.30. The molecule has 4 nitrogen and oxygen atoms in total. The van der Waals surface area contributed by atoms with Gasteiger partial charge in [-0.1, -0.05) is 0 Å². The van der Waals surface area contributed by atoms with Gasteiger partial charge in [0.05, 0.1) is 5.69 Å². The van der Waals surface area contributed by atoms with Crippen LogP contribution >= 0.6 is 12.4 Å². The van der Waals surface area contributed by atoms with Gasteiger partial charge < -0.3 is 5.32 Å². The molecule has 0 saturated carbocycles. The number of aryl methyl sites for hydroxylation is 2. The molecule has 0 bridgehead atoms. The largest absolute Gasteiger partial charge is 0.319 e. The first-order valence-corrected chi connectivity index (χ1v) is 6.97. The molecule has 0 aromatic carbocycles. The van der Waals surface area contributed by atoms with E-state index in [4.69, 9.17) is 0 Å². The highest BCUT2D eigenvalue weighted by Crippen LogP contribution is 2.20. The molecule has 1 aromatic heterocycles. The maximum atomic E-state index is 4.50. The minimum Gasteiger partial charge on any atom is -0.319 e. The lowest BCUT2D eigenvalue weighted by molar-refractivity contribution is 0.176. The molecule has 1 aliphatic rings. The highest BCUT2D eigenvalue weighted by atomic mass is 35.5. The second-order valence-electron chi connectivity index (χ2n) is 5.55. The maximum absolute atomic E-state index is 4.50. The summed E-state index contributed by atoms with van der Waals surface area (Å²) < 4.78 is 2.00. The quantitative estimate of drug-likeness (QED) is 0.918. The van der Waals surface area contributed by atoms with Crippen molar-refractivity contribution >= 4 is 12.4 Å². The van der Waals surface area contributed by atoms with E-state index in [1.807, 2.05) is 11.7 Å². The number of likely N-dealkylation sites (tertiary alicyclic amines) is 1. The molecule has 1 N–H and O–H groups in total. The van der Waals surface area contributed by atoms with Crippen molar-refractivity contribution in [2.24, 2.45) is 13.0 Å². The SMILES string of the molecule is CNCC1CCN(Cc2c(C)nn(C)c2C)CC1.Cl. The summed E-state index contributed by atoms with van der Waals surface area (Å²) in [6.45, 7) is 8.97. The van der Waals surface area contributed by atoms with Crippen LogP contribution in [0.2, 0.25) is 0 Å². The Morgan fingerprint density at radius 3 is 2.37 bits per heavy atom. The summed E-state index contributed by atoms with van der Waals surface area (Å²) in [6.07, 6.45) is 2.64. The Balaban J connectivity index is 0.00000180. The van der Waals surface area contributed by atoms with Crippen molar-refractivity contribution in [3.63, 3.8) is 0 Å². The van der Waals surface area contributed by atoms with Crippen LogP contribution in [0.1, 0.15) is 29.8 Å². The summed E-state index contributed by atoms with van der Waals surface area (Å²) in [7, 11) is 4.08. The zero-order valence-electron chi connectivity index (χ0n) is 12.6. The molecule has 19 heavy (non-hydrogen) atoms. The Bertz CT molecular complexity index is 394. The van der Waals surface area contributed by atoms with Crippen LogP contribution in [-0.2, 0) is 13.6 Å². The van der Waals surface area contributed by atoms with Crippen molar-refractivity contribution in [2.75, 3.05) is 26.7 Å². The number of piperidine rings is 1. The summed E-state index contributed by atoms with van der Waals surface area (Å²) in [5.74, 6) is 0.863. The maximum Gasteiger partial charge on any atom is 0.0641 e. The van der Waals surface area contributed by atoms with Gasteiger partial charge in [-0.3, -0.25) is 9.58 Å². The molecule has 110 valence electrons. The van der Waals surface area contributed by atoms with Crippen molar-refractivity contribution in [1.29, 1.82) is 0 Å². The van der Waals surface area contributed by atoms with Crippen LogP contribution in [0.3, 0.4) is 0 Å². The number of hydrogen-bond acceptors (Lipinski definition) is 3. The lowest BCUT2D eigenvalue weighted by Gasteiger charge is -2.31. The number of aromatic nitrogens is 2. The number of halogens is 1. The van der Waals surface area contributed by atoms with Gasteiger partial charge in [0.1, 0.15) is 0 Å². The van der Waals surface area contributed by atoms with Gasteiger partial charge in [0.15, 0.2) is 0 Å². The van der Waals surface area contributed by atoms with E-state index >= 15 is 0 Å². The highest BCUT2D eigenvalue weighted by molar-refractivity contribution is 5.85. The highest BCUT2D eigenvalue weighted by Gasteiger charge is 2.20. The van der Waals surface area contributed by atoms with Gasteiger partial charge in [-0.2, -0.15) is 5.10 Å². The zero-order valence-corrected chi connectivity index (χ0v) is 13.4. The fraction of sp³-hybridized carbons (Fsp3) is 0.786. The van der Waals surface area contributed by atoms with E-state index in [2.05, 4.69) is 36.2 Å². The van der Waals surface area contributed by atoms with Crippen LogP contribution in [-0.4, -0.2) is 41.4 Å². The Labute approximate surface area is 123 Å². The monoisotopic (exact) mass is 286 g/mol. The summed E-state index contributed by atoms with van der Waals surface area (Å²) in [4.78, 5) is 2.57. The van der Waals surface area contributed by atoms with E-state index in [0.29, 0.717) is 0 Å². The van der Waals surface area contributed by atoms with Crippen molar-refractivity contribution in [3.8, 4) is 0 Å². The molecule has 1 saturated heterocycles. The van der Waals surface area contributed by atoms with Crippen LogP contribution < -0.4 is 5.32 Å². The normalized spacial score (nSPS) is 17.5. The van der Waals surface area contributed by atoms with Crippen LogP contribution in [0.15, 0.2) is 0 Å². The second-order valence-corrected chi connectivity index (χ2v) is 5.55. The van der Waals surface area contributed by atoms with E-state index in [1.165, 1.54) is 49.4 Å². The minimum atomic E-state index is 0. The Morgan fingerprint density at radius 2 is 1.89 bits per heavy atom. The molecule has 5 heteroatoms. The van der Waals surface area contributed by atoms with E-state index < -0.39 is 0 Å². The molecule has 1 aliphatic heterocycles. The molecule has 2 heterocycles. The fourth-order valence-corrected chi connectivity index (χ4v) is 2.91. The molecular weight excluding hydrogens is 260 g/mol. The molecule has 0 amide bonds. The van der Waals surface area contributed by atoms with Crippen LogP contribution in [0.5, 0.6) is 0 Å². The molecule has 0 aliphatic carbocycles. The fourth-order valence-electron chi connectivity index (χ4n) is 2.91. The molecule has 1 aromatic rings. The van der Waals surface area contributed by atoms with Gasteiger partial charge in [-0.25, -0.2) is 0 Å². The molecule has 0 unspecified atom stereocenters. The number of rotatable bonds is 4. The third-order valence-electron chi connectivity index (χ3n) is 4.24. The standard InChI is InChI=1S/C14H26N4.ClH/c1-11-14(12(2)17(4)16-11)10-18-7-5-13(6-8-18)9-15-3;/h13,15H,5-10H2,1-4H3;1H. The van der Waals surface area contributed by atoms with E-state index in [1.54, 1.807) is 0 Å². The van der Waals surface area contributed by atoms with Crippen molar-refractivity contribution in [1.82, 2.24) is 20.0 Å². The lowest BCUT2D eigenvalue weighted by Crippen LogP contribution is -2.36. The summed E-state index contributed by atoms with van der Waals surface area (Å²) >= 11 is 0. The van der Waals surface area contributed by atoms with E-state index in [0.717, 1.165) is 12.5 Å². The van der Waals surface area contributed by atoms with Gasteiger partial charge in [0.2, 0.25) is 0 Å². The van der Waals surface area contributed by atoms with Gasteiger partial charge in [-0.15, -0.1) is 12.4 Å². The minimum absolute atomic E-state index is 0. The Hall–Kier alpha value is -0.580. The van der Waals surface area contributed by atoms with Crippen molar-refractivity contribution in [3.05, 3.63) is 17.0 Å². The van der Waals surface area contributed by atoms with E-state index in [-0.39, 0.29) is 12.4 Å². The summed E-state index contributed by atoms with van der Waals surface area (Å²) in [6, 6.07) is 0. The third-order valence-corrected chi connectivity index (χ3v) is 4.24. The Morgan fingerprint density at radius 1 is 1.26 bits per heavy atom. The first-order valence-electron chi connectivity index (χ1n) is 6.97. The van der Waals surface area contributed by atoms with E-state index in [9.17, 15) is 0 Å². The first-order chi connectivity index (χ1) is 8.61. The van der Waals surface area contributed by atoms with Gasteiger partial charge in [0.25, 0.3) is 0 Å². The average molecular weight is 287 g/mol. The van der Waals surface area contributed by atoms with Gasteiger partial charge in [0, 0.05) is 24.8 Å². The molecule has 2 rings (SSSR count). The first kappa shape index (κ1) is 16.5. The van der Waals surface area contributed by atoms with Crippen molar-refractivity contribution in [2.45, 2.75) is 33.2 Å². The molecule has 0 atom stereocenters. The van der Waals surface area contributed by atoms with Crippen LogP contribution in [0, 0.1) is 19.8 Å². The predicted octanol–water partition coefficient (Wildman–Crippen LogP) is 1.89. The summed E-state index contributed by atoms with van der Waals surface area (Å²) in [5, 5.41) is 7.79. The van der Waals surface area contributed by atoms with Gasteiger partial charge >= 0.3 is 0 Å². The zero-order chi connectivity index (χ0) is 13.1. The molecule has 0 radical (unpaired) electrons. The predicted molar refractivity (Wildman–Crippen MR) is 81.9 cm³/mol. The number of hydrogen-bond donors (Lipinski definition) is 1. The van der Waals surface area contributed by atoms with Gasteiger partial charge in [-0.05, 0) is 59.3 Å². The molecule has 1 fully saturated rings. The second kappa shape index (κ2) is 7.27. The molecule has 0 spiro atoms. The van der Waals surface area contributed by atoms with Crippen LogP contribution in [0.25, 0.3) is 0 Å². The number of nitrogens with one attached hydrogen (secondary N) is 1. The topological polar surface area (TPSA) is 33.1 Å². The van der Waals surface area contributed by atoms with Crippen molar-refractivity contribution < 1.29 is 0 Å².